The van der Waals surface area contributed by atoms with Gasteiger partial charge in [-0.15, -0.1) is 0 Å². The van der Waals surface area contributed by atoms with Crippen LogP contribution in [0.15, 0.2) is 23.4 Å². The number of nitrogen functional groups attached to an aromatic ring is 1. The molecule has 100 valence electrons. The average molecular weight is 270 g/mol. The molecular weight excluding hydrogens is 252 g/mol. The van der Waals surface area contributed by atoms with Crippen molar-refractivity contribution in [3.05, 3.63) is 18.5 Å². The average Bonchev–Trinajstić information content (AvgIpc) is 2.39. The molecule has 0 saturated carbocycles. The minimum Gasteiger partial charge on any atom is -0.323 e. The molecule has 0 bridgehead atoms. The topological polar surface area (TPSA) is 88.3 Å². The molecule has 1 saturated heterocycles. The van der Waals surface area contributed by atoms with Crippen LogP contribution in [0.5, 0.6) is 0 Å². The summed E-state index contributed by atoms with van der Waals surface area (Å²) in [7, 11) is -3.53. The summed E-state index contributed by atoms with van der Waals surface area (Å²) >= 11 is 0. The van der Waals surface area contributed by atoms with Gasteiger partial charge in [-0.3, -0.25) is 10.8 Å². The summed E-state index contributed by atoms with van der Waals surface area (Å²) in [6, 6.07) is 1.58. The van der Waals surface area contributed by atoms with E-state index < -0.39 is 10.0 Å². The van der Waals surface area contributed by atoms with Gasteiger partial charge in [0, 0.05) is 25.0 Å². The molecule has 7 heteroatoms. The molecule has 1 aromatic rings. The molecule has 18 heavy (non-hydrogen) atoms. The van der Waals surface area contributed by atoms with Gasteiger partial charge in [0.15, 0.2) is 0 Å². The zero-order chi connectivity index (χ0) is 13.2. The van der Waals surface area contributed by atoms with Crippen molar-refractivity contribution in [3.8, 4) is 0 Å². The van der Waals surface area contributed by atoms with E-state index in [1.54, 1.807) is 6.07 Å². The van der Waals surface area contributed by atoms with Gasteiger partial charge in [-0.1, -0.05) is 6.42 Å². The first-order valence-corrected chi connectivity index (χ1v) is 7.44. The van der Waals surface area contributed by atoms with Crippen LogP contribution >= 0.6 is 0 Å². The third kappa shape index (κ3) is 2.33. The Labute approximate surface area is 107 Å². The Bertz CT molecular complexity index is 518. The fourth-order valence-electron chi connectivity index (χ4n) is 2.26. The first kappa shape index (κ1) is 13.3. The molecule has 6 nitrogen and oxygen atoms in total. The van der Waals surface area contributed by atoms with E-state index in [0.717, 1.165) is 19.3 Å². The largest absolute Gasteiger partial charge is 0.323 e. The molecule has 0 aromatic carbocycles. The summed E-state index contributed by atoms with van der Waals surface area (Å²) in [5.41, 5.74) is 2.79. The van der Waals surface area contributed by atoms with Crippen LogP contribution in [0.3, 0.4) is 0 Å². The van der Waals surface area contributed by atoms with Crippen molar-refractivity contribution in [3.63, 3.8) is 0 Å². The van der Waals surface area contributed by atoms with Crippen LogP contribution in [0.2, 0.25) is 0 Å². The summed E-state index contributed by atoms with van der Waals surface area (Å²) in [6.07, 6.45) is 5.71. The number of nitrogens with two attached hydrogens (primary N) is 1. The lowest BCUT2D eigenvalue weighted by atomic mass is 10.1. The van der Waals surface area contributed by atoms with Gasteiger partial charge in [0.05, 0.1) is 5.69 Å². The van der Waals surface area contributed by atoms with Gasteiger partial charge in [-0.2, -0.15) is 4.31 Å². The number of nitrogens with zero attached hydrogens (tertiary/aromatic N) is 2. The predicted octanol–water partition coefficient (Wildman–Crippen LogP) is 0.930. The molecule has 1 aliphatic heterocycles. The summed E-state index contributed by atoms with van der Waals surface area (Å²) < 4.78 is 26.7. The Morgan fingerprint density at radius 2 is 2.28 bits per heavy atom. The first-order chi connectivity index (χ1) is 8.57. The molecule has 1 fully saturated rings. The van der Waals surface area contributed by atoms with Crippen LogP contribution in [-0.2, 0) is 10.0 Å². The highest BCUT2D eigenvalue weighted by molar-refractivity contribution is 7.89. The van der Waals surface area contributed by atoms with E-state index in [0.29, 0.717) is 12.2 Å². The van der Waals surface area contributed by atoms with Gasteiger partial charge in [-0.05, 0) is 25.8 Å². The standard InChI is InChI=1S/C11H18N4O2S/c1-9-4-2-3-7-15(9)18(16,17)11-8-13-6-5-10(11)14-12/h5-6,8-9H,2-4,7,12H2,1H3,(H,13,14). The fourth-order valence-corrected chi connectivity index (χ4v) is 4.06. The van der Waals surface area contributed by atoms with Crippen molar-refractivity contribution in [1.82, 2.24) is 9.29 Å². The second kappa shape index (κ2) is 5.21. The third-order valence-corrected chi connectivity index (χ3v) is 5.31. The SMILES string of the molecule is CC1CCCCN1S(=O)(=O)c1cnccc1NN. The number of sulfonamides is 1. The molecule has 1 aromatic heterocycles. The summed E-state index contributed by atoms with van der Waals surface area (Å²) in [5, 5.41) is 0. The smallest absolute Gasteiger partial charge is 0.246 e. The zero-order valence-corrected chi connectivity index (χ0v) is 11.2. The van der Waals surface area contributed by atoms with Gasteiger partial charge >= 0.3 is 0 Å². The third-order valence-electron chi connectivity index (χ3n) is 3.27. The maximum absolute atomic E-state index is 12.6. The van der Waals surface area contributed by atoms with Crippen LogP contribution in [0.25, 0.3) is 0 Å². The van der Waals surface area contributed by atoms with Crippen molar-refractivity contribution in [2.75, 3.05) is 12.0 Å². The molecule has 0 radical (unpaired) electrons. The van der Waals surface area contributed by atoms with Gasteiger partial charge in [0.25, 0.3) is 0 Å². The van der Waals surface area contributed by atoms with Crippen LogP contribution in [-0.4, -0.2) is 30.3 Å². The van der Waals surface area contributed by atoms with Crippen LogP contribution in [0.1, 0.15) is 26.2 Å². The second-order valence-electron chi connectivity index (χ2n) is 4.48. The van der Waals surface area contributed by atoms with Crippen LogP contribution in [0, 0.1) is 0 Å². The number of hydrogen-bond donors (Lipinski definition) is 2. The van der Waals surface area contributed by atoms with Crippen LogP contribution < -0.4 is 11.3 Å². The van der Waals surface area contributed by atoms with Gasteiger partial charge < -0.3 is 5.43 Å². The number of hydrazine groups is 1. The highest BCUT2D eigenvalue weighted by atomic mass is 32.2. The number of pyridine rings is 1. The van der Waals surface area contributed by atoms with Crippen molar-refractivity contribution >= 4 is 15.7 Å². The van der Waals surface area contributed by atoms with E-state index in [9.17, 15) is 8.42 Å². The summed E-state index contributed by atoms with van der Waals surface area (Å²) in [4.78, 5) is 4.02. The van der Waals surface area contributed by atoms with Crippen molar-refractivity contribution < 1.29 is 8.42 Å². The minimum atomic E-state index is -3.53. The molecule has 2 rings (SSSR count). The van der Waals surface area contributed by atoms with E-state index in [-0.39, 0.29) is 10.9 Å². The quantitative estimate of drug-likeness (QED) is 0.630. The molecule has 1 unspecified atom stereocenters. The number of aromatic nitrogens is 1. The van der Waals surface area contributed by atoms with E-state index in [1.165, 1.54) is 16.7 Å². The number of piperidine rings is 1. The Hall–Kier alpha value is -1.18. The van der Waals surface area contributed by atoms with Gasteiger partial charge in [0.1, 0.15) is 4.90 Å². The Morgan fingerprint density at radius 1 is 1.50 bits per heavy atom. The van der Waals surface area contributed by atoms with Crippen molar-refractivity contribution in [2.24, 2.45) is 5.84 Å². The van der Waals surface area contributed by atoms with E-state index in [2.05, 4.69) is 10.4 Å². The molecule has 0 spiro atoms. The molecule has 1 atom stereocenters. The van der Waals surface area contributed by atoms with Gasteiger partial charge in [-0.25, -0.2) is 8.42 Å². The first-order valence-electron chi connectivity index (χ1n) is 6.00. The minimum absolute atomic E-state index is 0.0228. The molecule has 3 N–H and O–H groups in total. The van der Waals surface area contributed by atoms with Crippen molar-refractivity contribution in [2.45, 2.75) is 37.1 Å². The molecule has 1 aliphatic rings. The molecular formula is C11H18N4O2S. The fraction of sp³-hybridized carbons (Fsp3) is 0.545. The lowest BCUT2D eigenvalue weighted by Gasteiger charge is -2.32. The number of hydrogen-bond acceptors (Lipinski definition) is 5. The van der Waals surface area contributed by atoms with E-state index in [1.807, 2.05) is 6.92 Å². The maximum Gasteiger partial charge on any atom is 0.246 e. The highest BCUT2D eigenvalue weighted by Crippen LogP contribution is 2.28. The number of rotatable bonds is 3. The van der Waals surface area contributed by atoms with Crippen molar-refractivity contribution in [1.29, 1.82) is 0 Å². The number of anilines is 1. The van der Waals surface area contributed by atoms with Gasteiger partial charge in [0.2, 0.25) is 10.0 Å². The Morgan fingerprint density at radius 3 is 2.94 bits per heavy atom. The predicted molar refractivity (Wildman–Crippen MR) is 69.3 cm³/mol. The second-order valence-corrected chi connectivity index (χ2v) is 6.34. The maximum atomic E-state index is 12.6. The molecule has 0 aliphatic carbocycles. The van der Waals surface area contributed by atoms with E-state index in [4.69, 9.17) is 5.84 Å². The van der Waals surface area contributed by atoms with Crippen LogP contribution in [0.4, 0.5) is 5.69 Å². The molecule has 0 amide bonds. The Kier molecular flexibility index (Phi) is 3.84. The monoisotopic (exact) mass is 270 g/mol. The normalized spacial score (nSPS) is 21.8. The van der Waals surface area contributed by atoms with E-state index >= 15 is 0 Å². The lowest BCUT2D eigenvalue weighted by molar-refractivity contribution is 0.268. The summed E-state index contributed by atoms with van der Waals surface area (Å²) in [6.45, 7) is 2.49. The molecule has 2 heterocycles. The number of nitrogens with one attached hydrogen (secondary N) is 1. The Balaban J connectivity index is 2.41. The summed E-state index contributed by atoms with van der Waals surface area (Å²) in [5.74, 6) is 5.35. The highest BCUT2D eigenvalue weighted by Gasteiger charge is 2.32. The lowest BCUT2D eigenvalue weighted by Crippen LogP contribution is -2.42. The zero-order valence-electron chi connectivity index (χ0n) is 10.3.